The molecule has 1 saturated heterocycles. The lowest BCUT2D eigenvalue weighted by molar-refractivity contribution is 0.329. The van der Waals surface area contributed by atoms with Crippen LogP contribution in [0.15, 0.2) is 18.5 Å². The van der Waals surface area contributed by atoms with Crippen LogP contribution in [0.25, 0.3) is 11.0 Å². The maximum Gasteiger partial charge on any atom is 0.211 e. The highest BCUT2D eigenvalue weighted by molar-refractivity contribution is 7.88. The SMILES string of the molecule is CS(=O)(=O)N1CCCC(Nc2c(Cl)cnc3[nH]ccc23)C1. The summed E-state index contributed by atoms with van der Waals surface area (Å²) >= 11 is 6.23. The van der Waals surface area contributed by atoms with Gasteiger partial charge in [-0.05, 0) is 18.9 Å². The summed E-state index contributed by atoms with van der Waals surface area (Å²) in [6.07, 6.45) is 6.40. The number of rotatable bonds is 3. The minimum absolute atomic E-state index is 0.0477. The second-order valence-electron chi connectivity index (χ2n) is 5.33. The Morgan fingerprint density at radius 1 is 1.52 bits per heavy atom. The van der Waals surface area contributed by atoms with Gasteiger partial charge >= 0.3 is 0 Å². The summed E-state index contributed by atoms with van der Waals surface area (Å²) in [5, 5.41) is 4.84. The highest BCUT2D eigenvalue weighted by Gasteiger charge is 2.26. The zero-order chi connectivity index (χ0) is 15.0. The normalized spacial score (nSPS) is 20.8. The number of nitrogens with zero attached hydrogens (tertiary/aromatic N) is 2. The molecule has 2 aromatic rings. The summed E-state index contributed by atoms with van der Waals surface area (Å²) in [4.78, 5) is 7.26. The van der Waals surface area contributed by atoms with E-state index >= 15 is 0 Å². The Kier molecular flexibility index (Phi) is 3.81. The number of nitrogens with one attached hydrogen (secondary N) is 2. The average Bonchev–Trinajstić information content (AvgIpc) is 2.90. The highest BCUT2D eigenvalue weighted by atomic mass is 35.5. The number of piperidine rings is 1. The largest absolute Gasteiger partial charge is 0.379 e. The molecular weight excluding hydrogens is 312 g/mol. The minimum Gasteiger partial charge on any atom is -0.379 e. The summed E-state index contributed by atoms with van der Waals surface area (Å²) in [6.45, 7) is 1.05. The van der Waals surface area contributed by atoms with Gasteiger partial charge in [-0.1, -0.05) is 11.6 Å². The van der Waals surface area contributed by atoms with Crippen molar-refractivity contribution in [2.75, 3.05) is 24.7 Å². The molecule has 1 aliphatic rings. The smallest absolute Gasteiger partial charge is 0.211 e. The van der Waals surface area contributed by atoms with Gasteiger partial charge in [0.2, 0.25) is 10.0 Å². The number of hydrogen-bond acceptors (Lipinski definition) is 4. The Hall–Kier alpha value is -1.31. The molecular formula is C13H17ClN4O2S. The molecule has 0 saturated carbocycles. The van der Waals surface area contributed by atoms with E-state index in [0.29, 0.717) is 18.1 Å². The minimum atomic E-state index is -3.15. The van der Waals surface area contributed by atoms with E-state index < -0.39 is 10.0 Å². The van der Waals surface area contributed by atoms with Crippen LogP contribution in [0.3, 0.4) is 0 Å². The lowest BCUT2D eigenvalue weighted by Crippen LogP contribution is -2.44. The molecule has 21 heavy (non-hydrogen) atoms. The van der Waals surface area contributed by atoms with E-state index in [1.165, 1.54) is 10.6 Å². The molecule has 0 radical (unpaired) electrons. The summed E-state index contributed by atoms with van der Waals surface area (Å²) < 4.78 is 24.9. The Morgan fingerprint density at radius 3 is 3.10 bits per heavy atom. The fourth-order valence-corrected chi connectivity index (χ4v) is 3.81. The molecule has 8 heteroatoms. The number of H-pyrrole nitrogens is 1. The number of aromatic nitrogens is 2. The first-order valence-electron chi connectivity index (χ1n) is 6.78. The van der Waals surface area contributed by atoms with Crippen molar-refractivity contribution in [1.82, 2.24) is 14.3 Å². The van der Waals surface area contributed by atoms with Crippen molar-refractivity contribution in [3.8, 4) is 0 Å². The summed E-state index contributed by atoms with van der Waals surface area (Å²) in [7, 11) is -3.15. The first-order valence-corrected chi connectivity index (χ1v) is 9.01. The maximum atomic E-state index is 11.7. The van der Waals surface area contributed by atoms with E-state index in [1.807, 2.05) is 12.3 Å². The Labute approximate surface area is 128 Å². The molecule has 1 atom stereocenters. The van der Waals surface area contributed by atoms with Crippen molar-refractivity contribution in [3.05, 3.63) is 23.5 Å². The zero-order valence-electron chi connectivity index (χ0n) is 11.6. The van der Waals surface area contributed by atoms with E-state index in [0.717, 1.165) is 29.6 Å². The van der Waals surface area contributed by atoms with Gasteiger partial charge in [0.15, 0.2) is 0 Å². The maximum absolute atomic E-state index is 11.7. The second-order valence-corrected chi connectivity index (χ2v) is 7.72. The Balaban J connectivity index is 1.85. The molecule has 3 heterocycles. The molecule has 6 nitrogen and oxygen atoms in total. The van der Waals surface area contributed by atoms with E-state index in [2.05, 4.69) is 15.3 Å². The van der Waals surface area contributed by atoms with Crippen LogP contribution in [0.5, 0.6) is 0 Å². The lowest BCUT2D eigenvalue weighted by Gasteiger charge is -2.32. The molecule has 1 unspecified atom stereocenters. The van der Waals surface area contributed by atoms with Crippen molar-refractivity contribution in [2.45, 2.75) is 18.9 Å². The average molecular weight is 329 g/mol. The van der Waals surface area contributed by atoms with Crippen molar-refractivity contribution < 1.29 is 8.42 Å². The van der Waals surface area contributed by atoms with Gasteiger partial charge in [-0.3, -0.25) is 0 Å². The Morgan fingerprint density at radius 2 is 2.33 bits per heavy atom. The number of pyridine rings is 1. The van der Waals surface area contributed by atoms with E-state index in [4.69, 9.17) is 11.6 Å². The van der Waals surface area contributed by atoms with Crippen LogP contribution < -0.4 is 5.32 Å². The van der Waals surface area contributed by atoms with Gasteiger partial charge in [0, 0.05) is 30.7 Å². The van der Waals surface area contributed by atoms with Gasteiger partial charge in [0.05, 0.1) is 23.2 Å². The highest BCUT2D eigenvalue weighted by Crippen LogP contribution is 2.30. The van der Waals surface area contributed by atoms with Gasteiger partial charge in [-0.2, -0.15) is 0 Å². The quantitative estimate of drug-likeness (QED) is 0.904. The third-order valence-electron chi connectivity index (χ3n) is 3.74. The van der Waals surface area contributed by atoms with E-state index in [9.17, 15) is 8.42 Å². The molecule has 0 amide bonds. The van der Waals surface area contributed by atoms with Crippen LogP contribution in [0.1, 0.15) is 12.8 Å². The van der Waals surface area contributed by atoms with Gasteiger partial charge in [-0.25, -0.2) is 17.7 Å². The summed E-state index contributed by atoms with van der Waals surface area (Å²) in [6, 6.07) is 1.96. The van der Waals surface area contributed by atoms with Crippen LogP contribution in [0.4, 0.5) is 5.69 Å². The van der Waals surface area contributed by atoms with E-state index in [1.54, 1.807) is 6.20 Å². The van der Waals surface area contributed by atoms with Crippen LogP contribution >= 0.6 is 11.6 Å². The van der Waals surface area contributed by atoms with Gasteiger partial charge in [0.25, 0.3) is 0 Å². The van der Waals surface area contributed by atoms with E-state index in [-0.39, 0.29) is 6.04 Å². The molecule has 3 rings (SSSR count). The molecule has 1 fully saturated rings. The molecule has 1 aliphatic heterocycles. The molecule has 114 valence electrons. The standard InChI is InChI=1S/C13H17ClN4O2S/c1-21(19,20)18-6-2-3-9(8-18)17-12-10-4-5-15-13(10)16-7-11(12)14/h4-5,7,9H,2-3,6,8H2,1H3,(H2,15,16,17). The first kappa shape index (κ1) is 14.6. The van der Waals surface area contributed by atoms with Crippen molar-refractivity contribution in [1.29, 1.82) is 0 Å². The summed E-state index contributed by atoms with van der Waals surface area (Å²) in [5.41, 5.74) is 1.57. The second kappa shape index (κ2) is 5.47. The third-order valence-corrected chi connectivity index (χ3v) is 5.30. The van der Waals surface area contributed by atoms with Gasteiger partial charge < -0.3 is 10.3 Å². The number of halogens is 1. The first-order chi connectivity index (χ1) is 9.95. The van der Waals surface area contributed by atoms with Crippen molar-refractivity contribution in [2.24, 2.45) is 0 Å². The van der Waals surface area contributed by atoms with Crippen LogP contribution in [-0.4, -0.2) is 48.1 Å². The molecule has 2 N–H and O–H groups in total. The number of sulfonamides is 1. The number of hydrogen-bond donors (Lipinski definition) is 2. The number of fused-ring (bicyclic) bond motifs is 1. The third kappa shape index (κ3) is 3.00. The Bertz CT molecular complexity index is 759. The number of anilines is 1. The van der Waals surface area contributed by atoms with Crippen molar-refractivity contribution >= 4 is 38.3 Å². The number of aromatic amines is 1. The van der Waals surface area contributed by atoms with Crippen LogP contribution in [-0.2, 0) is 10.0 Å². The van der Waals surface area contributed by atoms with Gasteiger partial charge in [0.1, 0.15) is 5.65 Å². The topological polar surface area (TPSA) is 78.1 Å². The van der Waals surface area contributed by atoms with Gasteiger partial charge in [-0.15, -0.1) is 0 Å². The summed E-state index contributed by atoms with van der Waals surface area (Å²) in [5.74, 6) is 0. The monoisotopic (exact) mass is 328 g/mol. The predicted octanol–water partition coefficient (Wildman–Crippen LogP) is 2.05. The molecule has 2 aromatic heterocycles. The molecule has 0 bridgehead atoms. The fourth-order valence-electron chi connectivity index (χ4n) is 2.70. The van der Waals surface area contributed by atoms with Crippen molar-refractivity contribution in [3.63, 3.8) is 0 Å². The zero-order valence-corrected chi connectivity index (χ0v) is 13.2. The molecule has 0 aromatic carbocycles. The lowest BCUT2D eigenvalue weighted by atomic mass is 10.1. The molecule has 0 spiro atoms. The van der Waals surface area contributed by atoms with Crippen LogP contribution in [0.2, 0.25) is 5.02 Å². The molecule has 0 aliphatic carbocycles. The van der Waals surface area contributed by atoms with Crippen LogP contribution in [0, 0.1) is 0 Å². The fraction of sp³-hybridized carbons (Fsp3) is 0.462. The predicted molar refractivity (Wildman–Crippen MR) is 84.2 cm³/mol.